The second-order valence-electron chi connectivity index (χ2n) is 8.03. The number of nitrogens with one attached hydrogen (secondary N) is 1. The molecule has 0 aliphatic carbocycles. The Labute approximate surface area is 205 Å². The smallest absolute Gasteiger partial charge is 0.253 e. The average Bonchev–Trinajstić information content (AvgIpc) is 3.31. The molecule has 8 nitrogen and oxygen atoms in total. The van der Waals surface area contributed by atoms with Gasteiger partial charge in [-0.15, -0.1) is 0 Å². The van der Waals surface area contributed by atoms with Crippen LogP contribution in [0.1, 0.15) is 28.3 Å². The van der Waals surface area contributed by atoms with Crippen LogP contribution in [0.4, 0.5) is 0 Å². The number of benzene rings is 2. The van der Waals surface area contributed by atoms with Crippen molar-refractivity contribution in [1.82, 2.24) is 10.2 Å². The average molecular weight is 491 g/mol. The fraction of sp³-hybridized carbons (Fsp3) is 0.440. The quantitative estimate of drug-likeness (QED) is 0.514. The molecule has 2 aromatic carbocycles. The van der Waals surface area contributed by atoms with Crippen molar-refractivity contribution < 1.29 is 28.5 Å². The third kappa shape index (κ3) is 5.74. The van der Waals surface area contributed by atoms with Crippen molar-refractivity contribution in [3.05, 3.63) is 52.5 Å². The number of hydrogen-bond acceptors (Lipinski definition) is 6. The minimum atomic E-state index is -0.443. The summed E-state index contributed by atoms with van der Waals surface area (Å²) in [5.74, 6) is 0.512. The number of halogens is 1. The Balaban J connectivity index is 1.92. The summed E-state index contributed by atoms with van der Waals surface area (Å²) in [4.78, 5) is 28.1. The van der Waals surface area contributed by atoms with Crippen LogP contribution < -0.4 is 19.5 Å². The Bertz CT molecular complexity index is 972. The Morgan fingerprint density at radius 3 is 2.21 bits per heavy atom. The number of carbonyl (C=O) groups excluding carboxylic acids is 2. The summed E-state index contributed by atoms with van der Waals surface area (Å²) in [6, 6.07) is 10.4. The molecular formula is C25H31ClN2O6. The van der Waals surface area contributed by atoms with Gasteiger partial charge in [0.15, 0.2) is 11.5 Å². The van der Waals surface area contributed by atoms with E-state index < -0.39 is 5.92 Å². The lowest BCUT2D eigenvalue weighted by Gasteiger charge is -2.21. The standard InChI is InChI=1S/C25H31ClN2O6/c1-31-11-5-10-27-24(29)20-15-28(25(30)16-6-8-18(26)9-7-16)14-19(20)17-12-21(32-2)23(34-4)22(13-17)33-3/h6-9,12-13,19-20H,5,10-11,14-15H2,1-4H3,(H,27,29). The van der Waals surface area contributed by atoms with Gasteiger partial charge in [0.05, 0.1) is 27.2 Å². The Morgan fingerprint density at radius 2 is 1.65 bits per heavy atom. The zero-order valence-corrected chi connectivity index (χ0v) is 20.7. The third-order valence-electron chi connectivity index (χ3n) is 5.97. The lowest BCUT2D eigenvalue weighted by atomic mass is 9.88. The van der Waals surface area contributed by atoms with Gasteiger partial charge < -0.3 is 29.2 Å². The third-order valence-corrected chi connectivity index (χ3v) is 6.23. The molecule has 184 valence electrons. The van der Waals surface area contributed by atoms with Crippen molar-refractivity contribution in [2.24, 2.45) is 5.92 Å². The number of methoxy groups -OCH3 is 4. The summed E-state index contributed by atoms with van der Waals surface area (Å²) < 4.78 is 21.5. The molecule has 1 saturated heterocycles. The number of carbonyl (C=O) groups is 2. The molecule has 0 bridgehead atoms. The summed E-state index contributed by atoms with van der Waals surface area (Å²) in [6.45, 7) is 1.72. The molecule has 1 fully saturated rings. The van der Waals surface area contributed by atoms with Gasteiger partial charge in [-0.2, -0.15) is 0 Å². The maximum atomic E-state index is 13.2. The molecular weight excluding hydrogens is 460 g/mol. The summed E-state index contributed by atoms with van der Waals surface area (Å²) in [5, 5.41) is 3.54. The van der Waals surface area contributed by atoms with E-state index in [1.165, 1.54) is 0 Å². The summed E-state index contributed by atoms with van der Waals surface area (Å²) in [5.41, 5.74) is 1.35. The van der Waals surface area contributed by atoms with E-state index in [1.807, 2.05) is 12.1 Å². The zero-order valence-electron chi connectivity index (χ0n) is 19.9. The van der Waals surface area contributed by atoms with E-state index in [1.54, 1.807) is 57.6 Å². The van der Waals surface area contributed by atoms with Gasteiger partial charge >= 0.3 is 0 Å². The Kier molecular flexibility index (Phi) is 9.01. The SMILES string of the molecule is COCCCNC(=O)C1CN(C(=O)c2ccc(Cl)cc2)CC1c1cc(OC)c(OC)c(OC)c1. The topological polar surface area (TPSA) is 86.3 Å². The van der Waals surface area contributed by atoms with Crippen LogP contribution in [-0.4, -0.2) is 71.4 Å². The van der Waals surface area contributed by atoms with E-state index in [0.717, 1.165) is 5.56 Å². The molecule has 2 unspecified atom stereocenters. The van der Waals surface area contributed by atoms with Crippen LogP contribution in [0.5, 0.6) is 17.2 Å². The first kappa shape index (κ1) is 25.6. The maximum Gasteiger partial charge on any atom is 0.253 e. The highest BCUT2D eigenvalue weighted by Crippen LogP contribution is 2.43. The van der Waals surface area contributed by atoms with Crippen molar-refractivity contribution in [2.45, 2.75) is 12.3 Å². The molecule has 3 rings (SSSR count). The first-order valence-corrected chi connectivity index (χ1v) is 11.4. The lowest BCUT2D eigenvalue weighted by molar-refractivity contribution is -0.125. The molecule has 1 heterocycles. The number of likely N-dealkylation sites (tertiary alicyclic amines) is 1. The first-order chi connectivity index (χ1) is 16.4. The van der Waals surface area contributed by atoms with Crippen LogP contribution in [0.15, 0.2) is 36.4 Å². The van der Waals surface area contributed by atoms with Gasteiger partial charge in [0.2, 0.25) is 11.7 Å². The normalized spacial score (nSPS) is 17.4. The molecule has 0 radical (unpaired) electrons. The molecule has 1 aliphatic rings. The molecule has 0 aromatic heterocycles. The monoisotopic (exact) mass is 490 g/mol. The van der Waals surface area contributed by atoms with E-state index in [-0.39, 0.29) is 17.7 Å². The Morgan fingerprint density at radius 1 is 1.00 bits per heavy atom. The van der Waals surface area contributed by atoms with E-state index in [9.17, 15) is 9.59 Å². The van der Waals surface area contributed by atoms with Gasteiger partial charge in [-0.3, -0.25) is 9.59 Å². The molecule has 9 heteroatoms. The molecule has 1 aliphatic heterocycles. The number of amides is 2. The highest BCUT2D eigenvalue weighted by Gasteiger charge is 2.41. The number of rotatable bonds is 10. The Hall–Kier alpha value is -2.97. The predicted octanol–water partition coefficient (Wildman–Crippen LogP) is 3.37. The maximum absolute atomic E-state index is 13.2. The van der Waals surface area contributed by atoms with Crippen LogP contribution >= 0.6 is 11.6 Å². The fourth-order valence-corrected chi connectivity index (χ4v) is 4.35. The van der Waals surface area contributed by atoms with Crippen molar-refractivity contribution in [1.29, 1.82) is 0 Å². The zero-order chi connectivity index (χ0) is 24.7. The largest absolute Gasteiger partial charge is 0.493 e. The molecule has 0 spiro atoms. The van der Waals surface area contributed by atoms with Crippen LogP contribution in [0.25, 0.3) is 0 Å². The van der Waals surface area contributed by atoms with Gasteiger partial charge in [-0.1, -0.05) is 11.6 Å². The highest BCUT2D eigenvalue weighted by molar-refractivity contribution is 6.30. The van der Waals surface area contributed by atoms with Crippen molar-refractivity contribution >= 4 is 23.4 Å². The van der Waals surface area contributed by atoms with Gasteiger partial charge in [0, 0.05) is 49.9 Å². The van der Waals surface area contributed by atoms with E-state index in [0.29, 0.717) is 60.5 Å². The van der Waals surface area contributed by atoms with Crippen LogP contribution in [0, 0.1) is 5.92 Å². The van der Waals surface area contributed by atoms with Crippen LogP contribution in [0.3, 0.4) is 0 Å². The second-order valence-corrected chi connectivity index (χ2v) is 8.46. The van der Waals surface area contributed by atoms with Gasteiger partial charge in [0.25, 0.3) is 5.91 Å². The number of ether oxygens (including phenoxy) is 4. The fourth-order valence-electron chi connectivity index (χ4n) is 4.22. The van der Waals surface area contributed by atoms with Gasteiger partial charge in [-0.05, 0) is 48.4 Å². The van der Waals surface area contributed by atoms with Crippen molar-refractivity contribution in [3.8, 4) is 17.2 Å². The van der Waals surface area contributed by atoms with E-state index in [4.69, 9.17) is 30.5 Å². The van der Waals surface area contributed by atoms with Crippen LogP contribution in [-0.2, 0) is 9.53 Å². The summed E-state index contributed by atoms with van der Waals surface area (Å²) >= 11 is 5.98. The second kappa shape index (κ2) is 11.9. The number of hydrogen-bond donors (Lipinski definition) is 1. The van der Waals surface area contributed by atoms with Gasteiger partial charge in [0.1, 0.15) is 0 Å². The first-order valence-electron chi connectivity index (χ1n) is 11.0. The predicted molar refractivity (Wildman–Crippen MR) is 129 cm³/mol. The molecule has 2 atom stereocenters. The van der Waals surface area contributed by atoms with E-state index >= 15 is 0 Å². The highest BCUT2D eigenvalue weighted by atomic mass is 35.5. The summed E-state index contributed by atoms with van der Waals surface area (Å²) in [7, 11) is 6.26. The van der Waals surface area contributed by atoms with Gasteiger partial charge in [-0.25, -0.2) is 0 Å². The van der Waals surface area contributed by atoms with Crippen molar-refractivity contribution in [2.75, 3.05) is 54.7 Å². The number of nitrogens with zero attached hydrogens (tertiary/aromatic N) is 1. The molecule has 34 heavy (non-hydrogen) atoms. The lowest BCUT2D eigenvalue weighted by Crippen LogP contribution is -2.36. The van der Waals surface area contributed by atoms with E-state index in [2.05, 4.69) is 5.32 Å². The van der Waals surface area contributed by atoms with Crippen molar-refractivity contribution in [3.63, 3.8) is 0 Å². The molecule has 2 amide bonds. The molecule has 2 aromatic rings. The van der Waals surface area contributed by atoms with Crippen LogP contribution in [0.2, 0.25) is 5.02 Å². The molecule has 0 saturated carbocycles. The minimum Gasteiger partial charge on any atom is -0.493 e. The summed E-state index contributed by atoms with van der Waals surface area (Å²) in [6.07, 6.45) is 0.706. The molecule has 1 N–H and O–H groups in total. The minimum absolute atomic E-state index is 0.110.